The van der Waals surface area contributed by atoms with Crippen LogP contribution in [-0.2, 0) is 6.54 Å². The lowest BCUT2D eigenvalue weighted by Gasteiger charge is -2.10. The second kappa shape index (κ2) is 6.61. The molecule has 20 heavy (non-hydrogen) atoms. The minimum absolute atomic E-state index is 0.176. The fourth-order valence-electron chi connectivity index (χ4n) is 1.68. The molecule has 2 aromatic rings. The largest absolute Gasteiger partial charge is 0.506 e. The lowest BCUT2D eigenvalue weighted by atomic mass is 10.1. The van der Waals surface area contributed by atoms with Gasteiger partial charge in [-0.25, -0.2) is 0 Å². The molecule has 3 nitrogen and oxygen atoms in total. The first kappa shape index (κ1) is 15.4. The lowest BCUT2D eigenvalue weighted by molar-refractivity contribution is 0.468. The van der Waals surface area contributed by atoms with Crippen molar-refractivity contribution in [3.63, 3.8) is 0 Å². The van der Waals surface area contributed by atoms with E-state index < -0.39 is 0 Å². The molecule has 102 valence electrons. The first-order valence-corrected chi connectivity index (χ1v) is 7.99. The monoisotopic (exact) mass is 458 g/mol. The van der Waals surface area contributed by atoms with Gasteiger partial charge in [0.1, 0.15) is 11.8 Å². The van der Waals surface area contributed by atoms with Crippen LogP contribution < -0.4 is 5.32 Å². The van der Waals surface area contributed by atoms with Crippen molar-refractivity contribution >= 4 is 53.5 Å². The van der Waals surface area contributed by atoms with E-state index in [0.29, 0.717) is 21.1 Å². The van der Waals surface area contributed by atoms with Crippen LogP contribution >= 0.6 is 47.8 Å². The van der Waals surface area contributed by atoms with Gasteiger partial charge >= 0.3 is 0 Å². The minimum atomic E-state index is 0.176. The molecule has 0 saturated heterocycles. The highest BCUT2D eigenvalue weighted by molar-refractivity contribution is 9.11. The maximum Gasteiger partial charge on any atom is 0.143 e. The molecule has 0 unspecified atom stereocenters. The number of nitrogens with zero attached hydrogens (tertiary/aromatic N) is 1. The fraction of sp³-hybridized carbons (Fsp3) is 0.0714. The number of hydrogen-bond donors (Lipinski definition) is 2. The average molecular weight is 461 g/mol. The van der Waals surface area contributed by atoms with E-state index in [-0.39, 0.29) is 5.75 Å². The summed E-state index contributed by atoms with van der Waals surface area (Å²) in [6, 6.07) is 11.3. The zero-order valence-electron chi connectivity index (χ0n) is 10.1. The predicted octanol–water partition coefficient (Wildman–Crippen LogP) is 5.16. The van der Waals surface area contributed by atoms with Crippen LogP contribution in [0.15, 0.2) is 43.7 Å². The maximum atomic E-state index is 9.67. The van der Waals surface area contributed by atoms with E-state index in [4.69, 9.17) is 5.26 Å². The van der Waals surface area contributed by atoms with Crippen molar-refractivity contribution in [2.75, 3.05) is 5.32 Å². The first-order chi connectivity index (χ1) is 9.51. The summed E-state index contributed by atoms with van der Waals surface area (Å²) in [6.45, 7) is 0.549. The molecule has 0 aliphatic heterocycles. The Balaban J connectivity index is 2.19. The first-order valence-electron chi connectivity index (χ1n) is 5.61. The molecule has 0 atom stereocenters. The summed E-state index contributed by atoms with van der Waals surface area (Å²) in [7, 11) is 0. The number of anilines is 1. The van der Waals surface area contributed by atoms with Gasteiger partial charge in [-0.2, -0.15) is 5.26 Å². The number of phenolic OH excluding ortho intramolecular Hbond substituents is 1. The Kier molecular flexibility index (Phi) is 5.08. The molecule has 0 saturated carbocycles. The molecule has 0 heterocycles. The van der Waals surface area contributed by atoms with Crippen molar-refractivity contribution in [3.8, 4) is 11.8 Å². The Bertz CT molecular complexity index is 672. The topological polar surface area (TPSA) is 56.0 Å². The third-order valence-corrected chi connectivity index (χ3v) is 4.36. The van der Waals surface area contributed by atoms with Crippen molar-refractivity contribution in [3.05, 3.63) is 54.9 Å². The quantitative estimate of drug-likeness (QED) is 0.665. The molecule has 0 bridgehead atoms. The number of aromatic hydroxyl groups is 1. The van der Waals surface area contributed by atoms with E-state index in [1.807, 2.05) is 24.3 Å². The molecule has 6 heteroatoms. The summed E-state index contributed by atoms with van der Waals surface area (Å²) < 4.78 is 2.12. The van der Waals surface area contributed by atoms with Crippen LogP contribution in [0.5, 0.6) is 5.75 Å². The Morgan fingerprint density at radius 1 is 1.10 bits per heavy atom. The lowest BCUT2D eigenvalue weighted by Crippen LogP contribution is -2.01. The van der Waals surface area contributed by atoms with Gasteiger partial charge in [0.25, 0.3) is 0 Å². The van der Waals surface area contributed by atoms with Crippen LogP contribution in [0.2, 0.25) is 0 Å². The van der Waals surface area contributed by atoms with Gasteiger partial charge in [-0.3, -0.25) is 0 Å². The predicted molar refractivity (Wildman–Crippen MR) is 89.7 cm³/mol. The number of benzene rings is 2. The Labute approximate surface area is 142 Å². The number of phenols is 1. The van der Waals surface area contributed by atoms with E-state index in [9.17, 15) is 5.11 Å². The number of halogens is 3. The molecule has 0 radical (unpaired) electrons. The fourth-order valence-corrected chi connectivity index (χ4v) is 3.32. The smallest absolute Gasteiger partial charge is 0.143 e. The zero-order valence-corrected chi connectivity index (χ0v) is 14.9. The molecular formula is C14H9Br3N2O. The summed E-state index contributed by atoms with van der Waals surface area (Å²) in [4.78, 5) is 0. The summed E-state index contributed by atoms with van der Waals surface area (Å²) in [5.74, 6) is 0.176. The number of rotatable bonds is 3. The molecule has 2 rings (SSSR count). The molecule has 2 N–H and O–H groups in total. The van der Waals surface area contributed by atoms with Crippen LogP contribution in [0.25, 0.3) is 0 Å². The van der Waals surface area contributed by atoms with Gasteiger partial charge in [0.05, 0.1) is 20.2 Å². The van der Waals surface area contributed by atoms with Gasteiger partial charge in [0, 0.05) is 11.0 Å². The second-order valence-electron chi connectivity index (χ2n) is 4.06. The Morgan fingerprint density at radius 3 is 2.35 bits per heavy atom. The van der Waals surface area contributed by atoms with Crippen LogP contribution in [0.3, 0.4) is 0 Å². The van der Waals surface area contributed by atoms with Gasteiger partial charge in [-0.1, -0.05) is 15.9 Å². The van der Waals surface area contributed by atoms with Gasteiger partial charge < -0.3 is 10.4 Å². The van der Waals surface area contributed by atoms with Gasteiger partial charge in [0.2, 0.25) is 0 Å². The highest BCUT2D eigenvalue weighted by Gasteiger charge is 2.07. The Hall–Kier alpha value is -1.03. The van der Waals surface area contributed by atoms with Gasteiger partial charge in [-0.15, -0.1) is 0 Å². The van der Waals surface area contributed by atoms with Crippen LogP contribution in [0.1, 0.15) is 11.1 Å². The maximum absolute atomic E-state index is 9.67. The highest BCUT2D eigenvalue weighted by Crippen LogP contribution is 2.33. The zero-order chi connectivity index (χ0) is 14.7. The molecule has 0 aliphatic rings. The van der Waals surface area contributed by atoms with Crippen LogP contribution in [0.4, 0.5) is 5.69 Å². The van der Waals surface area contributed by atoms with Crippen molar-refractivity contribution in [2.24, 2.45) is 0 Å². The molecule has 0 spiro atoms. The summed E-state index contributed by atoms with van der Waals surface area (Å²) in [6.07, 6.45) is 0. The standard InChI is InChI=1S/C14H9Br3N2O/c15-10-1-2-13(9(5-10)6-18)19-7-8-3-11(16)14(20)12(17)4-8/h1-5,19-20H,7H2. The van der Waals surface area contributed by atoms with E-state index >= 15 is 0 Å². The summed E-state index contributed by atoms with van der Waals surface area (Å²) in [5, 5.41) is 22.0. The average Bonchev–Trinajstić information content (AvgIpc) is 2.43. The van der Waals surface area contributed by atoms with Crippen molar-refractivity contribution in [1.29, 1.82) is 5.26 Å². The van der Waals surface area contributed by atoms with Crippen molar-refractivity contribution < 1.29 is 5.11 Å². The van der Waals surface area contributed by atoms with E-state index in [1.165, 1.54) is 0 Å². The van der Waals surface area contributed by atoms with E-state index in [0.717, 1.165) is 15.7 Å². The van der Waals surface area contributed by atoms with E-state index in [2.05, 4.69) is 59.2 Å². The third kappa shape index (κ3) is 3.54. The SMILES string of the molecule is N#Cc1cc(Br)ccc1NCc1cc(Br)c(O)c(Br)c1. The molecule has 0 aromatic heterocycles. The van der Waals surface area contributed by atoms with Crippen LogP contribution in [-0.4, -0.2) is 5.11 Å². The summed E-state index contributed by atoms with van der Waals surface area (Å²) >= 11 is 9.93. The highest BCUT2D eigenvalue weighted by atomic mass is 79.9. The molecule has 0 aliphatic carbocycles. The summed E-state index contributed by atoms with van der Waals surface area (Å²) in [5.41, 5.74) is 2.33. The minimum Gasteiger partial charge on any atom is -0.506 e. The Morgan fingerprint density at radius 2 is 1.75 bits per heavy atom. The van der Waals surface area contributed by atoms with Crippen molar-refractivity contribution in [1.82, 2.24) is 0 Å². The van der Waals surface area contributed by atoms with Crippen molar-refractivity contribution in [2.45, 2.75) is 6.54 Å². The number of nitrogens with one attached hydrogen (secondary N) is 1. The molecular weight excluding hydrogens is 452 g/mol. The molecule has 0 fully saturated rings. The van der Waals surface area contributed by atoms with Crippen LogP contribution in [0, 0.1) is 11.3 Å². The number of nitriles is 1. The second-order valence-corrected chi connectivity index (χ2v) is 6.69. The van der Waals surface area contributed by atoms with E-state index in [1.54, 1.807) is 6.07 Å². The molecule has 2 aromatic carbocycles. The number of hydrogen-bond acceptors (Lipinski definition) is 3. The van der Waals surface area contributed by atoms with Gasteiger partial charge in [0.15, 0.2) is 0 Å². The van der Waals surface area contributed by atoms with Gasteiger partial charge in [-0.05, 0) is 67.8 Å². The third-order valence-electron chi connectivity index (χ3n) is 2.66. The normalized spacial score (nSPS) is 10.1. The molecule has 0 amide bonds.